The van der Waals surface area contributed by atoms with E-state index in [4.69, 9.17) is 0 Å². The maximum absolute atomic E-state index is 12.1. The van der Waals surface area contributed by atoms with E-state index >= 15 is 0 Å². The SMILES string of the molecule is CCc1ccc(NC(=O)/C(C#N)=C\c2sccc2C)cc1. The summed E-state index contributed by atoms with van der Waals surface area (Å²) in [5.74, 6) is -0.380. The van der Waals surface area contributed by atoms with E-state index in [1.807, 2.05) is 48.7 Å². The fourth-order valence-electron chi connectivity index (χ4n) is 1.83. The molecule has 3 nitrogen and oxygen atoms in total. The fourth-order valence-corrected chi connectivity index (χ4v) is 2.69. The molecule has 0 bridgehead atoms. The first-order valence-corrected chi connectivity index (χ1v) is 7.58. The van der Waals surface area contributed by atoms with Gasteiger partial charge >= 0.3 is 0 Å². The topological polar surface area (TPSA) is 52.9 Å². The van der Waals surface area contributed by atoms with Crippen molar-refractivity contribution in [2.24, 2.45) is 0 Å². The van der Waals surface area contributed by atoms with Gasteiger partial charge in [-0.05, 0) is 54.1 Å². The highest BCUT2D eigenvalue weighted by atomic mass is 32.1. The monoisotopic (exact) mass is 296 g/mol. The van der Waals surface area contributed by atoms with E-state index in [-0.39, 0.29) is 11.5 Å². The number of aryl methyl sites for hydroxylation is 2. The van der Waals surface area contributed by atoms with Gasteiger partial charge in [0.1, 0.15) is 11.6 Å². The van der Waals surface area contributed by atoms with Gasteiger partial charge in [0.05, 0.1) is 0 Å². The van der Waals surface area contributed by atoms with Gasteiger partial charge in [0, 0.05) is 10.6 Å². The smallest absolute Gasteiger partial charge is 0.266 e. The van der Waals surface area contributed by atoms with Gasteiger partial charge in [-0.3, -0.25) is 4.79 Å². The summed E-state index contributed by atoms with van der Waals surface area (Å²) in [5.41, 5.74) is 3.08. The lowest BCUT2D eigenvalue weighted by Gasteiger charge is -2.05. The highest BCUT2D eigenvalue weighted by molar-refractivity contribution is 7.11. The lowest BCUT2D eigenvalue weighted by Crippen LogP contribution is -2.13. The van der Waals surface area contributed by atoms with Crippen LogP contribution >= 0.6 is 11.3 Å². The van der Waals surface area contributed by atoms with Crippen LogP contribution in [0.5, 0.6) is 0 Å². The molecule has 0 radical (unpaired) electrons. The van der Waals surface area contributed by atoms with Gasteiger partial charge in [0.15, 0.2) is 0 Å². The number of anilines is 1. The first kappa shape index (κ1) is 15.0. The van der Waals surface area contributed by atoms with Crippen molar-refractivity contribution in [1.29, 1.82) is 5.26 Å². The number of nitriles is 1. The third-order valence-corrected chi connectivity index (χ3v) is 4.13. The number of nitrogens with zero attached hydrogens (tertiary/aromatic N) is 1. The van der Waals surface area contributed by atoms with E-state index in [0.29, 0.717) is 5.69 Å². The molecule has 0 atom stereocenters. The Kier molecular flexibility index (Phi) is 4.91. The molecule has 1 aromatic heterocycles. The molecule has 0 unspecified atom stereocenters. The van der Waals surface area contributed by atoms with Gasteiger partial charge < -0.3 is 5.32 Å². The summed E-state index contributed by atoms with van der Waals surface area (Å²) in [5, 5.41) is 13.9. The van der Waals surface area contributed by atoms with Crippen molar-refractivity contribution in [3.8, 4) is 6.07 Å². The molecule has 0 fully saturated rings. The number of carbonyl (C=O) groups is 1. The Bertz CT molecular complexity index is 705. The summed E-state index contributed by atoms with van der Waals surface area (Å²) in [4.78, 5) is 13.1. The number of thiophene rings is 1. The van der Waals surface area contributed by atoms with Gasteiger partial charge in [-0.1, -0.05) is 19.1 Å². The summed E-state index contributed by atoms with van der Waals surface area (Å²) in [6.07, 6.45) is 2.59. The maximum Gasteiger partial charge on any atom is 0.266 e. The number of carbonyl (C=O) groups excluding carboxylic acids is 1. The molecule has 0 saturated carbocycles. The van der Waals surface area contributed by atoms with Gasteiger partial charge in [-0.25, -0.2) is 0 Å². The zero-order valence-corrected chi connectivity index (χ0v) is 12.8. The first-order chi connectivity index (χ1) is 10.1. The highest BCUT2D eigenvalue weighted by Gasteiger charge is 2.10. The second-order valence-corrected chi connectivity index (χ2v) is 5.59. The molecule has 1 N–H and O–H groups in total. The quantitative estimate of drug-likeness (QED) is 0.680. The number of hydrogen-bond acceptors (Lipinski definition) is 3. The Balaban J connectivity index is 2.15. The normalized spacial score (nSPS) is 11.0. The van der Waals surface area contributed by atoms with Crippen LogP contribution < -0.4 is 5.32 Å². The zero-order valence-electron chi connectivity index (χ0n) is 12.0. The van der Waals surface area contributed by atoms with E-state index < -0.39 is 0 Å². The van der Waals surface area contributed by atoms with E-state index in [2.05, 4.69) is 12.2 Å². The molecule has 0 saturated heterocycles. The Morgan fingerprint density at radius 1 is 1.33 bits per heavy atom. The van der Waals surface area contributed by atoms with Crippen LogP contribution in [0.1, 0.15) is 22.9 Å². The predicted molar refractivity (Wildman–Crippen MR) is 87.1 cm³/mol. The minimum atomic E-state index is -0.380. The predicted octanol–water partition coefficient (Wildman–Crippen LogP) is 4.16. The Labute approximate surface area is 128 Å². The molecule has 0 aliphatic carbocycles. The van der Waals surface area contributed by atoms with Crippen molar-refractivity contribution < 1.29 is 4.79 Å². The molecule has 1 amide bonds. The third-order valence-electron chi connectivity index (χ3n) is 3.16. The van der Waals surface area contributed by atoms with Crippen LogP contribution in [0.2, 0.25) is 0 Å². The molecule has 4 heteroatoms. The van der Waals surface area contributed by atoms with Gasteiger partial charge in [-0.15, -0.1) is 11.3 Å². The van der Waals surface area contributed by atoms with E-state index in [1.165, 1.54) is 16.9 Å². The molecule has 1 heterocycles. The second kappa shape index (κ2) is 6.87. The average molecular weight is 296 g/mol. The molecule has 0 aliphatic rings. The van der Waals surface area contributed by atoms with E-state index in [9.17, 15) is 10.1 Å². The summed E-state index contributed by atoms with van der Waals surface area (Å²) < 4.78 is 0. The first-order valence-electron chi connectivity index (χ1n) is 6.70. The minimum Gasteiger partial charge on any atom is -0.321 e. The van der Waals surface area contributed by atoms with Crippen molar-refractivity contribution in [1.82, 2.24) is 0 Å². The average Bonchev–Trinajstić information content (AvgIpc) is 2.90. The Morgan fingerprint density at radius 2 is 2.05 bits per heavy atom. The Hall–Kier alpha value is -2.38. The highest BCUT2D eigenvalue weighted by Crippen LogP contribution is 2.20. The lowest BCUT2D eigenvalue weighted by molar-refractivity contribution is -0.112. The summed E-state index contributed by atoms with van der Waals surface area (Å²) >= 11 is 1.51. The van der Waals surface area contributed by atoms with Crippen molar-refractivity contribution in [3.63, 3.8) is 0 Å². The number of nitrogens with one attached hydrogen (secondary N) is 1. The minimum absolute atomic E-state index is 0.111. The van der Waals surface area contributed by atoms with Gasteiger partial charge in [0.25, 0.3) is 5.91 Å². The molecule has 106 valence electrons. The van der Waals surface area contributed by atoms with Crippen LogP contribution in [0.25, 0.3) is 6.08 Å². The van der Waals surface area contributed by atoms with Crippen LogP contribution in [0, 0.1) is 18.3 Å². The maximum atomic E-state index is 12.1. The van der Waals surface area contributed by atoms with Crippen LogP contribution in [0.4, 0.5) is 5.69 Å². The van der Waals surface area contributed by atoms with Crippen LogP contribution in [-0.2, 0) is 11.2 Å². The summed E-state index contributed by atoms with van der Waals surface area (Å²) in [6, 6.07) is 11.6. The summed E-state index contributed by atoms with van der Waals surface area (Å²) in [7, 11) is 0. The molecule has 2 aromatic rings. The summed E-state index contributed by atoms with van der Waals surface area (Å²) in [6.45, 7) is 4.03. The lowest BCUT2D eigenvalue weighted by atomic mass is 10.1. The van der Waals surface area contributed by atoms with Crippen molar-refractivity contribution >= 4 is 29.0 Å². The van der Waals surface area contributed by atoms with E-state index in [1.54, 1.807) is 6.08 Å². The molecule has 0 aliphatic heterocycles. The third kappa shape index (κ3) is 3.80. The standard InChI is InChI=1S/C17H16N2OS/c1-3-13-4-6-15(7-5-13)19-17(20)14(11-18)10-16-12(2)8-9-21-16/h4-10H,3H2,1-2H3,(H,19,20)/b14-10-. The molecule has 0 spiro atoms. The largest absolute Gasteiger partial charge is 0.321 e. The van der Waals surface area contributed by atoms with Gasteiger partial charge in [0.2, 0.25) is 0 Å². The second-order valence-electron chi connectivity index (χ2n) is 4.64. The molecule has 2 rings (SSSR count). The number of hydrogen-bond donors (Lipinski definition) is 1. The number of rotatable bonds is 4. The van der Waals surface area contributed by atoms with Crippen LogP contribution in [0.15, 0.2) is 41.3 Å². The molecule has 21 heavy (non-hydrogen) atoms. The molecular weight excluding hydrogens is 280 g/mol. The van der Waals surface area contributed by atoms with E-state index in [0.717, 1.165) is 16.9 Å². The zero-order chi connectivity index (χ0) is 15.2. The van der Waals surface area contributed by atoms with Crippen LogP contribution in [-0.4, -0.2) is 5.91 Å². The van der Waals surface area contributed by atoms with Gasteiger partial charge in [-0.2, -0.15) is 5.26 Å². The fraction of sp³-hybridized carbons (Fsp3) is 0.176. The van der Waals surface area contributed by atoms with Crippen molar-refractivity contribution in [2.75, 3.05) is 5.32 Å². The number of benzene rings is 1. The van der Waals surface area contributed by atoms with Crippen LogP contribution in [0.3, 0.4) is 0 Å². The Morgan fingerprint density at radius 3 is 2.57 bits per heavy atom. The number of amides is 1. The molecular formula is C17H16N2OS. The molecule has 1 aromatic carbocycles. The van der Waals surface area contributed by atoms with Crippen molar-refractivity contribution in [3.05, 3.63) is 57.3 Å². The van der Waals surface area contributed by atoms with Crippen molar-refractivity contribution in [2.45, 2.75) is 20.3 Å².